The van der Waals surface area contributed by atoms with Gasteiger partial charge in [-0.2, -0.15) is 0 Å². The van der Waals surface area contributed by atoms with Crippen LogP contribution in [0.25, 0.3) is 0 Å². The molecule has 3 rings (SSSR count). The number of carbonyl (C=O) groups is 2. The number of benzene rings is 3. The van der Waals surface area contributed by atoms with Gasteiger partial charge in [0, 0.05) is 29.0 Å². The van der Waals surface area contributed by atoms with Crippen LogP contribution in [0.4, 0.5) is 11.4 Å². The Kier molecular flexibility index (Phi) is 7.44. The number of rotatable bonds is 8. The first-order chi connectivity index (χ1) is 15.0. The Morgan fingerprint density at radius 3 is 2.26 bits per heavy atom. The molecule has 0 radical (unpaired) electrons. The fourth-order valence-corrected chi connectivity index (χ4v) is 3.10. The molecule has 3 aromatic rings. The van der Waals surface area contributed by atoms with E-state index in [2.05, 4.69) is 19.2 Å². The van der Waals surface area contributed by atoms with Crippen LogP contribution in [0.3, 0.4) is 0 Å². The lowest BCUT2D eigenvalue weighted by molar-refractivity contribution is 0.0987. The number of hydrogen-bond acceptors (Lipinski definition) is 3. The topological polar surface area (TPSA) is 58.6 Å². The van der Waals surface area contributed by atoms with E-state index in [-0.39, 0.29) is 11.8 Å². The maximum atomic E-state index is 12.9. The lowest BCUT2D eigenvalue weighted by atomic mass is 10.1. The lowest BCUT2D eigenvalue weighted by Crippen LogP contribution is -2.30. The number of nitrogens with zero attached hydrogens (tertiary/aromatic N) is 1. The van der Waals surface area contributed by atoms with Crippen molar-refractivity contribution in [1.82, 2.24) is 0 Å². The number of anilines is 2. The summed E-state index contributed by atoms with van der Waals surface area (Å²) < 4.78 is 5.70. The molecule has 1 N–H and O–H groups in total. The number of nitrogens with one attached hydrogen (secondary N) is 1. The maximum Gasteiger partial charge on any atom is 0.258 e. The molecular weight excluding hydrogens is 388 g/mol. The van der Waals surface area contributed by atoms with Gasteiger partial charge in [-0.1, -0.05) is 38.1 Å². The van der Waals surface area contributed by atoms with Gasteiger partial charge in [0.2, 0.25) is 0 Å². The largest absolute Gasteiger partial charge is 0.493 e. The minimum absolute atomic E-state index is 0.0819. The average Bonchev–Trinajstić information content (AvgIpc) is 2.79. The van der Waals surface area contributed by atoms with Crippen LogP contribution in [0.5, 0.6) is 5.75 Å². The summed E-state index contributed by atoms with van der Waals surface area (Å²) in [4.78, 5) is 27.2. The van der Waals surface area contributed by atoms with Crippen molar-refractivity contribution in [3.05, 3.63) is 90.0 Å². The molecule has 0 atom stereocenters. The highest BCUT2D eigenvalue weighted by Crippen LogP contribution is 2.19. The van der Waals surface area contributed by atoms with Crippen molar-refractivity contribution in [2.75, 3.05) is 23.4 Å². The standard InChI is InChI=1S/C26H28N2O3/c1-4-28(23-10-6-5-7-11-23)26(30)20-13-15-22(16-14-20)27-25(29)21-9-8-12-24(17-21)31-18-19(2)3/h5-17,19H,4,18H2,1-3H3,(H,27,29). The molecule has 0 aromatic heterocycles. The van der Waals surface area contributed by atoms with Gasteiger partial charge in [-0.05, 0) is 67.4 Å². The van der Waals surface area contributed by atoms with Crippen LogP contribution in [-0.4, -0.2) is 25.0 Å². The summed E-state index contributed by atoms with van der Waals surface area (Å²) in [7, 11) is 0. The summed E-state index contributed by atoms with van der Waals surface area (Å²) in [6.07, 6.45) is 0. The first kappa shape index (κ1) is 22.1. The molecule has 2 amide bonds. The van der Waals surface area contributed by atoms with Crippen molar-refractivity contribution >= 4 is 23.2 Å². The molecule has 0 spiro atoms. The van der Waals surface area contributed by atoms with Gasteiger partial charge < -0.3 is 15.0 Å². The molecule has 0 aliphatic heterocycles. The van der Waals surface area contributed by atoms with Crippen LogP contribution >= 0.6 is 0 Å². The van der Waals surface area contributed by atoms with Gasteiger partial charge in [-0.15, -0.1) is 0 Å². The Balaban J connectivity index is 1.67. The lowest BCUT2D eigenvalue weighted by Gasteiger charge is -2.21. The van der Waals surface area contributed by atoms with Crippen molar-refractivity contribution in [2.24, 2.45) is 5.92 Å². The number of hydrogen-bond donors (Lipinski definition) is 1. The summed E-state index contributed by atoms with van der Waals surface area (Å²) >= 11 is 0. The molecule has 0 bridgehead atoms. The van der Waals surface area contributed by atoms with Crippen molar-refractivity contribution in [2.45, 2.75) is 20.8 Å². The van der Waals surface area contributed by atoms with Gasteiger partial charge in [0.1, 0.15) is 5.75 Å². The highest BCUT2D eigenvalue weighted by Gasteiger charge is 2.16. The van der Waals surface area contributed by atoms with Crippen LogP contribution in [0.1, 0.15) is 41.5 Å². The molecule has 5 heteroatoms. The van der Waals surface area contributed by atoms with E-state index in [0.29, 0.717) is 41.6 Å². The molecule has 0 unspecified atom stereocenters. The van der Waals surface area contributed by atoms with Gasteiger partial charge in [-0.25, -0.2) is 0 Å². The van der Waals surface area contributed by atoms with E-state index in [4.69, 9.17) is 4.74 Å². The molecule has 0 aliphatic carbocycles. The van der Waals surface area contributed by atoms with Gasteiger partial charge in [-0.3, -0.25) is 9.59 Å². The predicted octanol–water partition coefficient (Wildman–Crippen LogP) is 5.64. The molecule has 0 fully saturated rings. The molecule has 3 aromatic carbocycles. The van der Waals surface area contributed by atoms with Crippen molar-refractivity contribution < 1.29 is 14.3 Å². The monoisotopic (exact) mass is 416 g/mol. The molecule has 0 heterocycles. The zero-order valence-corrected chi connectivity index (χ0v) is 18.2. The zero-order valence-electron chi connectivity index (χ0n) is 18.2. The van der Waals surface area contributed by atoms with Crippen LogP contribution < -0.4 is 15.0 Å². The third-order valence-corrected chi connectivity index (χ3v) is 4.70. The Morgan fingerprint density at radius 1 is 0.903 bits per heavy atom. The van der Waals surface area contributed by atoms with Crippen molar-refractivity contribution in [3.63, 3.8) is 0 Å². The molecular formula is C26H28N2O3. The van der Waals surface area contributed by atoms with E-state index in [1.54, 1.807) is 47.4 Å². The molecule has 0 aliphatic rings. The predicted molar refractivity (Wildman–Crippen MR) is 125 cm³/mol. The van der Waals surface area contributed by atoms with Crippen LogP contribution in [0.15, 0.2) is 78.9 Å². The third-order valence-electron chi connectivity index (χ3n) is 4.70. The molecule has 0 saturated heterocycles. The Morgan fingerprint density at radius 2 is 1.61 bits per heavy atom. The fraction of sp³-hybridized carbons (Fsp3) is 0.231. The summed E-state index contributed by atoms with van der Waals surface area (Å²) in [6, 6.07) is 23.6. The van der Waals surface area contributed by atoms with Crippen LogP contribution in [0.2, 0.25) is 0 Å². The fourth-order valence-electron chi connectivity index (χ4n) is 3.10. The molecule has 0 saturated carbocycles. The minimum atomic E-state index is -0.228. The summed E-state index contributed by atoms with van der Waals surface area (Å²) in [6.45, 7) is 7.25. The first-order valence-corrected chi connectivity index (χ1v) is 10.5. The number of amides is 2. The SMILES string of the molecule is CCN(C(=O)c1ccc(NC(=O)c2cccc(OCC(C)C)c2)cc1)c1ccccc1. The maximum absolute atomic E-state index is 12.9. The van der Waals surface area contributed by atoms with E-state index in [9.17, 15) is 9.59 Å². The van der Waals surface area contributed by atoms with E-state index >= 15 is 0 Å². The highest BCUT2D eigenvalue weighted by atomic mass is 16.5. The van der Waals surface area contributed by atoms with Crippen LogP contribution in [0, 0.1) is 5.92 Å². The summed E-state index contributed by atoms with van der Waals surface area (Å²) in [5.74, 6) is 0.766. The smallest absolute Gasteiger partial charge is 0.258 e. The second-order valence-corrected chi connectivity index (χ2v) is 7.65. The van der Waals surface area contributed by atoms with Crippen molar-refractivity contribution in [1.29, 1.82) is 0 Å². The van der Waals surface area contributed by atoms with Gasteiger partial charge in [0.15, 0.2) is 0 Å². The third kappa shape index (κ3) is 5.95. The van der Waals surface area contributed by atoms with Crippen molar-refractivity contribution in [3.8, 4) is 5.75 Å². The van der Waals surface area contributed by atoms with E-state index in [0.717, 1.165) is 5.69 Å². The quantitative estimate of drug-likeness (QED) is 0.517. The molecule has 5 nitrogen and oxygen atoms in total. The number of ether oxygens (including phenoxy) is 1. The second kappa shape index (κ2) is 10.4. The Hall–Kier alpha value is -3.60. The van der Waals surface area contributed by atoms with Crippen LogP contribution in [-0.2, 0) is 0 Å². The van der Waals surface area contributed by atoms with E-state index in [1.807, 2.05) is 43.3 Å². The summed E-state index contributed by atoms with van der Waals surface area (Å²) in [5, 5.41) is 2.87. The van der Waals surface area contributed by atoms with Gasteiger partial charge >= 0.3 is 0 Å². The van der Waals surface area contributed by atoms with E-state index in [1.165, 1.54) is 0 Å². The average molecular weight is 417 g/mol. The number of para-hydroxylation sites is 1. The normalized spacial score (nSPS) is 10.6. The minimum Gasteiger partial charge on any atom is -0.493 e. The van der Waals surface area contributed by atoms with Gasteiger partial charge in [0.05, 0.1) is 6.61 Å². The number of carbonyl (C=O) groups excluding carboxylic acids is 2. The van der Waals surface area contributed by atoms with Gasteiger partial charge in [0.25, 0.3) is 11.8 Å². The van der Waals surface area contributed by atoms with E-state index < -0.39 is 0 Å². The summed E-state index contributed by atoms with van der Waals surface area (Å²) in [5.41, 5.74) is 2.56. The second-order valence-electron chi connectivity index (χ2n) is 7.65. The first-order valence-electron chi connectivity index (χ1n) is 10.5. The highest BCUT2D eigenvalue weighted by molar-refractivity contribution is 6.07. The molecule has 160 valence electrons. The zero-order chi connectivity index (χ0) is 22.2. The molecule has 31 heavy (non-hydrogen) atoms. The Bertz CT molecular complexity index is 1010. The Labute approximate surface area is 183 Å².